The molecule has 0 heterocycles. The van der Waals surface area contributed by atoms with Gasteiger partial charge in [-0.3, -0.25) is 0 Å². The molecule has 20 heavy (non-hydrogen) atoms. The Labute approximate surface area is 118 Å². The maximum absolute atomic E-state index is 9.25. The summed E-state index contributed by atoms with van der Waals surface area (Å²) < 4.78 is 5.19. The third-order valence-corrected chi connectivity index (χ3v) is 2.90. The van der Waals surface area contributed by atoms with E-state index in [1.54, 1.807) is 0 Å². The Morgan fingerprint density at radius 1 is 1.10 bits per heavy atom. The highest BCUT2D eigenvalue weighted by Gasteiger charge is 2.00. The topological polar surface area (TPSA) is 65.3 Å². The number of anilines is 1. The van der Waals surface area contributed by atoms with Gasteiger partial charge in [-0.15, -0.1) is 0 Å². The first-order valence-electron chi connectivity index (χ1n) is 6.35. The molecule has 0 radical (unpaired) electrons. The lowest BCUT2D eigenvalue weighted by Crippen LogP contribution is -2.02. The highest BCUT2D eigenvalue weighted by atomic mass is 16.5. The second-order valence-corrected chi connectivity index (χ2v) is 4.26. The summed E-state index contributed by atoms with van der Waals surface area (Å²) in [6.07, 6.45) is 0. The Morgan fingerprint density at radius 3 is 2.55 bits per heavy atom. The van der Waals surface area contributed by atoms with E-state index in [1.807, 2.05) is 54.6 Å². The fourth-order valence-corrected chi connectivity index (χ4v) is 1.85. The van der Waals surface area contributed by atoms with Crippen LogP contribution in [0.25, 0.3) is 0 Å². The fraction of sp³-hybridized carbons (Fsp3) is 0.188. The van der Waals surface area contributed by atoms with Gasteiger partial charge in [-0.05, 0) is 23.8 Å². The zero-order chi connectivity index (χ0) is 14.2. The summed E-state index contributed by atoms with van der Waals surface area (Å²) in [4.78, 5) is 0. The van der Waals surface area contributed by atoms with Crippen molar-refractivity contribution in [2.45, 2.75) is 13.2 Å². The lowest BCUT2D eigenvalue weighted by Gasteiger charge is -2.10. The first-order chi connectivity index (χ1) is 9.83. The van der Waals surface area contributed by atoms with Crippen molar-refractivity contribution in [1.82, 2.24) is 0 Å². The Bertz CT molecular complexity index is 588. The highest BCUT2D eigenvalue weighted by Crippen LogP contribution is 2.17. The number of hydrogen-bond acceptors (Lipinski definition) is 4. The van der Waals surface area contributed by atoms with Crippen LogP contribution in [0.3, 0.4) is 0 Å². The van der Waals surface area contributed by atoms with Crippen LogP contribution in [0.5, 0.6) is 5.75 Å². The lowest BCUT2D eigenvalue weighted by molar-refractivity contribution is 0.282. The molecule has 0 fully saturated rings. The van der Waals surface area contributed by atoms with Crippen LogP contribution in [0.4, 0.5) is 5.69 Å². The van der Waals surface area contributed by atoms with Gasteiger partial charge in [0.05, 0.1) is 6.61 Å². The fourth-order valence-electron chi connectivity index (χ4n) is 1.85. The first-order valence-corrected chi connectivity index (χ1v) is 6.35. The number of hydrogen-bond donors (Lipinski definition) is 2. The molecule has 4 heteroatoms. The Kier molecular flexibility index (Phi) is 4.99. The summed E-state index contributed by atoms with van der Waals surface area (Å²) in [5.74, 6) is 0.686. The molecule has 0 aromatic heterocycles. The Balaban J connectivity index is 1.95. The molecule has 0 aliphatic rings. The van der Waals surface area contributed by atoms with E-state index >= 15 is 0 Å². The molecule has 0 atom stereocenters. The number of aliphatic hydroxyl groups is 1. The number of nitriles is 1. The molecular formula is C16H16N2O2. The van der Waals surface area contributed by atoms with Gasteiger partial charge >= 0.3 is 0 Å². The van der Waals surface area contributed by atoms with Crippen molar-refractivity contribution in [2.24, 2.45) is 0 Å². The summed E-state index contributed by atoms with van der Waals surface area (Å²) in [7, 11) is 0. The third-order valence-electron chi connectivity index (χ3n) is 2.90. The highest BCUT2D eigenvalue weighted by molar-refractivity contribution is 5.51. The standard InChI is InChI=1S/C16H16N2O2/c17-9-10-20-15-7-5-13(6-8-15)11-18-16-4-2-1-3-14(16)12-19/h1-8,18-19H,10-12H2. The summed E-state index contributed by atoms with van der Waals surface area (Å²) in [5, 5.41) is 21.0. The van der Waals surface area contributed by atoms with Crippen LogP contribution >= 0.6 is 0 Å². The summed E-state index contributed by atoms with van der Waals surface area (Å²) in [5.41, 5.74) is 2.91. The van der Waals surface area contributed by atoms with Crippen molar-refractivity contribution in [3.63, 3.8) is 0 Å². The molecule has 2 N–H and O–H groups in total. The number of nitrogens with zero attached hydrogens (tertiary/aromatic N) is 1. The number of benzene rings is 2. The predicted molar refractivity (Wildman–Crippen MR) is 77.2 cm³/mol. The molecule has 0 spiro atoms. The second kappa shape index (κ2) is 7.17. The molecule has 4 nitrogen and oxygen atoms in total. The molecule has 0 saturated carbocycles. The number of aliphatic hydroxyl groups excluding tert-OH is 1. The summed E-state index contributed by atoms with van der Waals surface area (Å²) >= 11 is 0. The van der Waals surface area contributed by atoms with Crippen molar-refractivity contribution >= 4 is 5.69 Å². The lowest BCUT2D eigenvalue weighted by atomic mass is 10.1. The maximum Gasteiger partial charge on any atom is 0.174 e. The maximum atomic E-state index is 9.25. The number of ether oxygens (including phenoxy) is 1. The molecule has 0 saturated heterocycles. The predicted octanol–water partition coefficient (Wildman–Crippen LogP) is 2.69. The monoisotopic (exact) mass is 268 g/mol. The normalized spacial score (nSPS) is 9.80. The van der Waals surface area contributed by atoms with Crippen molar-refractivity contribution < 1.29 is 9.84 Å². The van der Waals surface area contributed by atoms with Gasteiger partial charge in [-0.2, -0.15) is 5.26 Å². The average molecular weight is 268 g/mol. The van der Waals surface area contributed by atoms with Crippen LogP contribution in [0.1, 0.15) is 11.1 Å². The van der Waals surface area contributed by atoms with Crippen molar-refractivity contribution in [3.8, 4) is 11.8 Å². The van der Waals surface area contributed by atoms with E-state index in [1.165, 1.54) is 0 Å². The Morgan fingerprint density at radius 2 is 1.85 bits per heavy atom. The van der Waals surface area contributed by atoms with E-state index in [0.717, 1.165) is 16.8 Å². The van der Waals surface area contributed by atoms with E-state index in [2.05, 4.69) is 5.32 Å². The van der Waals surface area contributed by atoms with Crippen LogP contribution in [0, 0.1) is 11.3 Å². The molecule has 0 unspecified atom stereocenters. The largest absolute Gasteiger partial charge is 0.479 e. The minimum Gasteiger partial charge on any atom is -0.479 e. The second-order valence-electron chi connectivity index (χ2n) is 4.26. The molecular weight excluding hydrogens is 252 g/mol. The minimum absolute atomic E-state index is 0.0180. The van der Waals surface area contributed by atoms with Gasteiger partial charge in [0, 0.05) is 17.8 Å². The van der Waals surface area contributed by atoms with E-state index in [-0.39, 0.29) is 13.2 Å². The van der Waals surface area contributed by atoms with E-state index < -0.39 is 0 Å². The van der Waals surface area contributed by atoms with Gasteiger partial charge in [0.15, 0.2) is 6.61 Å². The average Bonchev–Trinajstić information content (AvgIpc) is 2.52. The summed E-state index contributed by atoms with van der Waals surface area (Å²) in [6.45, 7) is 0.737. The van der Waals surface area contributed by atoms with Gasteiger partial charge in [-0.25, -0.2) is 0 Å². The molecule has 2 aromatic carbocycles. The van der Waals surface area contributed by atoms with Gasteiger partial charge in [0.25, 0.3) is 0 Å². The van der Waals surface area contributed by atoms with Gasteiger partial charge in [0.2, 0.25) is 0 Å². The van der Waals surface area contributed by atoms with Crippen LogP contribution in [0.2, 0.25) is 0 Å². The molecule has 0 amide bonds. The van der Waals surface area contributed by atoms with Crippen LogP contribution in [0.15, 0.2) is 48.5 Å². The van der Waals surface area contributed by atoms with Gasteiger partial charge in [0.1, 0.15) is 11.8 Å². The van der Waals surface area contributed by atoms with Gasteiger partial charge < -0.3 is 15.2 Å². The molecule has 0 aliphatic heterocycles. The molecule has 2 rings (SSSR count). The number of rotatable bonds is 6. The summed E-state index contributed by atoms with van der Waals surface area (Å²) in [6, 6.07) is 17.2. The van der Waals surface area contributed by atoms with Crippen molar-refractivity contribution in [1.29, 1.82) is 5.26 Å². The van der Waals surface area contributed by atoms with Crippen molar-refractivity contribution in [2.75, 3.05) is 11.9 Å². The van der Waals surface area contributed by atoms with Gasteiger partial charge in [-0.1, -0.05) is 30.3 Å². The minimum atomic E-state index is 0.0180. The number of nitrogens with one attached hydrogen (secondary N) is 1. The van der Waals surface area contributed by atoms with Crippen LogP contribution in [-0.4, -0.2) is 11.7 Å². The van der Waals surface area contributed by atoms with Crippen LogP contribution in [-0.2, 0) is 13.2 Å². The number of para-hydroxylation sites is 1. The molecule has 2 aromatic rings. The van der Waals surface area contributed by atoms with E-state index in [9.17, 15) is 5.11 Å². The third kappa shape index (κ3) is 3.74. The molecule has 0 bridgehead atoms. The van der Waals surface area contributed by atoms with Crippen LogP contribution < -0.4 is 10.1 Å². The Hall–Kier alpha value is -2.51. The SMILES string of the molecule is N#CCOc1ccc(CNc2ccccc2CO)cc1. The zero-order valence-corrected chi connectivity index (χ0v) is 11.0. The van der Waals surface area contributed by atoms with E-state index in [0.29, 0.717) is 12.3 Å². The zero-order valence-electron chi connectivity index (χ0n) is 11.0. The van der Waals surface area contributed by atoms with E-state index in [4.69, 9.17) is 10.00 Å². The molecule has 102 valence electrons. The smallest absolute Gasteiger partial charge is 0.174 e. The first kappa shape index (κ1) is 13.9. The quantitative estimate of drug-likeness (QED) is 0.845. The van der Waals surface area contributed by atoms with Crippen molar-refractivity contribution in [3.05, 3.63) is 59.7 Å². The molecule has 0 aliphatic carbocycles.